The maximum atomic E-state index is 12.5. The lowest BCUT2D eigenvalue weighted by Gasteiger charge is -2.01. The van der Waals surface area contributed by atoms with E-state index in [1.54, 1.807) is 0 Å². The van der Waals surface area contributed by atoms with Crippen molar-refractivity contribution in [3.8, 4) is 17.1 Å². The first-order valence-corrected chi connectivity index (χ1v) is 8.25. The number of amides is 1. The van der Waals surface area contributed by atoms with Crippen molar-refractivity contribution in [2.75, 3.05) is 0 Å². The van der Waals surface area contributed by atoms with Gasteiger partial charge in [0.15, 0.2) is 5.88 Å². The van der Waals surface area contributed by atoms with Crippen LogP contribution in [0.5, 0.6) is 5.88 Å². The van der Waals surface area contributed by atoms with Crippen LogP contribution in [0.4, 0.5) is 0 Å². The lowest BCUT2D eigenvalue weighted by molar-refractivity contribution is 0.101. The molecule has 0 unspecified atom stereocenters. The Morgan fingerprint density at radius 3 is 2.25 bits per heavy atom. The zero-order valence-corrected chi connectivity index (χ0v) is 14.4. The fraction of sp³-hybridized carbons (Fsp3) is 0.0526. The summed E-state index contributed by atoms with van der Waals surface area (Å²) in [5.41, 5.74) is 4.75. The molecule has 0 atom stereocenters. The van der Waals surface area contributed by atoms with Gasteiger partial charge >= 0.3 is 0 Å². The third kappa shape index (κ3) is 2.29. The summed E-state index contributed by atoms with van der Waals surface area (Å²) >= 11 is 3.39. The Balaban J connectivity index is 1.87. The van der Waals surface area contributed by atoms with Crippen molar-refractivity contribution in [3.63, 3.8) is 0 Å². The van der Waals surface area contributed by atoms with Crippen LogP contribution in [0.25, 0.3) is 11.3 Å². The number of carbonyl (C=O) groups is 1. The zero-order chi connectivity index (χ0) is 16.8. The number of aromatic nitrogens is 1. The smallest absolute Gasteiger partial charge is 0.280 e. The molecule has 1 aromatic heterocycles. The molecule has 5 heteroatoms. The SMILES string of the molecule is Cc1ccc(C2=NC(=O)c3c(-c4ccc(Br)cc4)[nH]c(O)c32)cc1. The Hall–Kier alpha value is -2.66. The number of hydrogen-bond acceptors (Lipinski definition) is 2. The molecule has 0 saturated heterocycles. The van der Waals surface area contributed by atoms with Crippen molar-refractivity contribution >= 4 is 27.5 Å². The van der Waals surface area contributed by atoms with Gasteiger partial charge in [-0.05, 0) is 24.6 Å². The molecule has 1 amide bonds. The number of halogens is 1. The monoisotopic (exact) mass is 380 g/mol. The minimum absolute atomic E-state index is 0.0342. The van der Waals surface area contributed by atoms with Crippen LogP contribution < -0.4 is 0 Å². The first kappa shape index (κ1) is 14.9. The predicted octanol–water partition coefficient (Wildman–Crippen LogP) is 4.45. The number of aryl methyl sites for hydroxylation is 1. The number of rotatable bonds is 2. The summed E-state index contributed by atoms with van der Waals surface area (Å²) in [6.07, 6.45) is 0. The van der Waals surface area contributed by atoms with Crippen LogP contribution in [-0.4, -0.2) is 21.7 Å². The van der Waals surface area contributed by atoms with E-state index in [4.69, 9.17) is 0 Å². The van der Waals surface area contributed by atoms with Gasteiger partial charge in [-0.1, -0.05) is 57.9 Å². The molecule has 118 valence electrons. The Morgan fingerprint density at radius 1 is 0.958 bits per heavy atom. The van der Waals surface area contributed by atoms with E-state index >= 15 is 0 Å². The van der Waals surface area contributed by atoms with Gasteiger partial charge < -0.3 is 10.1 Å². The standard InChI is InChI=1S/C19H13BrN2O2/c1-10-2-4-11(5-3-10)16-14-15(19(24)21-16)17(22-18(14)23)12-6-8-13(20)9-7-12/h2-9,22-23H,1H3. The largest absolute Gasteiger partial charge is 0.494 e. The Labute approximate surface area is 147 Å². The van der Waals surface area contributed by atoms with Crippen LogP contribution in [-0.2, 0) is 0 Å². The van der Waals surface area contributed by atoms with E-state index in [1.807, 2.05) is 55.5 Å². The lowest BCUT2D eigenvalue weighted by atomic mass is 9.99. The third-order valence-electron chi connectivity index (χ3n) is 4.10. The predicted molar refractivity (Wildman–Crippen MR) is 96.7 cm³/mol. The van der Waals surface area contributed by atoms with Gasteiger partial charge in [0.25, 0.3) is 5.91 Å². The molecule has 4 rings (SSSR count). The Morgan fingerprint density at radius 2 is 1.58 bits per heavy atom. The number of aromatic amines is 1. The molecular weight excluding hydrogens is 368 g/mol. The number of nitrogens with zero attached hydrogens (tertiary/aromatic N) is 1. The van der Waals surface area contributed by atoms with Crippen molar-refractivity contribution < 1.29 is 9.90 Å². The number of fused-ring (bicyclic) bond motifs is 1. The van der Waals surface area contributed by atoms with Gasteiger partial charge in [0.05, 0.1) is 22.5 Å². The van der Waals surface area contributed by atoms with Crippen LogP contribution in [0.15, 0.2) is 58.0 Å². The molecule has 3 aromatic rings. The summed E-state index contributed by atoms with van der Waals surface area (Å²) in [7, 11) is 0. The summed E-state index contributed by atoms with van der Waals surface area (Å²) in [6, 6.07) is 15.3. The maximum absolute atomic E-state index is 12.5. The van der Waals surface area contributed by atoms with Gasteiger partial charge in [-0.25, -0.2) is 4.99 Å². The van der Waals surface area contributed by atoms with E-state index in [-0.39, 0.29) is 11.8 Å². The molecule has 0 fully saturated rings. The van der Waals surface area contributed by atoms with Crippen LogP contribution in [0.2, 0.25) is 0 Å². The fourth-order valence-electron chi connectivity index (χ4n) is 2.90. The lowest BCUT2D eigenvalue weighted by Crippen LogP contribution is -1.99. The van der Waals surface area contributed by atoms with E-state index < -0.39 is 0 Å². The van der Waals surface area contributed by atoms with Crippen molar-refractivity contribution in [2.24, 2.45) is 4.99 Å². The summed E-state index contributed by atoms with van der Waals surface area (Å²) in [5.74, 6) is -0.372. The maximum Gasteiger partial charge on any atom is 0.280 e. The number of hydrogen-bond donors (Lipinski definition) is 2. The first-order valence-electron chi connectivity index (χ1n) is 7.46. The Bertz CT molecular complexity index is 983. The van der Waals surface area contributed by atoms with E-state index in [0.29, 0.717) is 22.5 Å². The average Bonchev–Trinajstić information content (AvgIpc) is 3.08. The van der Waals surface area contributed by atoms with Gasteiger partial charge in [0.1, 0.15) is 0 Å². The normalized spacial score (nSPS) is 13.1. The molecule has 24 heavy (non-hydrogen) atoms. The van der Waals surface area contributed by atoms with Gasteiger partial charge in [-0.3, -0.25) is 4.79 Å². The van der Waals surface area contributed by atoms with Crippen LogP contribution in [0.1, 0.15) is 27.0 Å². The zero-order valence-electron chi connectivity index (χ0n) is 12.8. The van der Waals surface area contributed by atoms with Crippen molar-refractivity contribution in [2.45, 2.75) is 6.92 Å². The van der Waals surface area contributed by atoms with Crippen LogP contribution in [0.3, 0.4) is 0 Å². The topological polar surface area (TPSA) is 65.5 Å². The highest BCUT2D eigenvalue weighted by Crippen LogP contribution is 2.38. The minimum Gasteiger partial charge on any atom is -0.494 e. The van der Waals surface area contributed by atoms with E-state index in [9.17, 15) is 9.90 Å². The second-order valence-corrected chi connectivity index (χ2v) is 6.65. The molecule has 2 aromatic carbocycles. The van der Waals surface area contributed by atoms with Gasteiger partial charge in [-0.15, -0.1) is 0 Å². The quantitative estimate of drug-likeness (QED) is 0.689. The highest BCUT2D eigenvalue weighted by molar-refractivity contribution is 9.10. The van der Waals surface area contributed by atoms with Crippen LogP contribution in [0, 0.1) is 6.92 Å². The number of benzene rings is 2. The Kier molecular flexibility index (Phi) is 3.39. The van der Waals surface area contributed by atoms with Crippen LogP contribution >= 0.6 is 15.9 Å². The van der Waals surface area contributed by atoms with Gasteiger partial charge in [0.2, 0.25) is 0 Å². The molecule has 1 aliphatic rings. The highest BCUT2D eigenvalue weighted by atomic mass is 79.9. The van der Waals surface area contributed by atoms with Crippen molar-refractivity contribution in [1.82, 2.24) is 4.98 Å². The minimum atomic E-state index is -0.338. The van der Waals surface area contributed by atoms with Gasteiger partial charge in [-0.2, -0.15) is 0 Å². The number of aliphatic imine (C=N–C) groups is 1. The molecule has 0 aliphatic carbocycles. The number of nitrogens with one attached hydrogen (secondary N) is 1. The third-order valence-corrected chi connectivity index (χ3v) is 4.63. The molecule has 0 radical (unpaired) electrons. The van der Waals surface area contributed by atoms with Crippen molar-refractivity contribution in [3.05, 3.63) is 75.3 Å². The fourth-order valence-corrected chi connectivity index (χ4v) is 3.16. The molecule has 1 aliphatic heterocycles. The van der Waals surface area contributed by atoms with Gasteiger partial charge in [0, 0.05) is 10.0 Å². The van der Waals surface area contributed by atoms with E-state index in [1.165, 1.54) is 0 Å². The first-order chi connectivity index (χ1) is 11.5. The summed E-state index contributed by atoms with van der Waals surface area (Å²) < 4.78 is 0.946. The summed E-state index contributed by atoms with van der Waals surface area (Å²) in [5, 5.41) is 10.4. The summed E-state index contributed by atoms with van der Waals surface area (Å²) in [4.78, 5) is 19.6. The number of carbonyl (C=O) groups excluding carboxylic acids is 1. The molecule has 4 nitrogen and oxygen atoms in total. The molecular formula is C19H13BrN2O2. The molecule has 2 N–H and O–H groups in total. The van der Waals surface area contributed by atoms with E-state index in [2.05, 4.69) is 25.9 Å². The molecule has 2 heterocycles. The summed E-state index contributed by atoms with van der Waals surface area (Å²) in [6.45, 7) is 2.00. The average molecular weight is 381 g/mol. The molecule has 0 bridgehead atoms. The van der Waals surface area contributed by atoms with E-state index in [0.717, 1.165) is 21.2 Å². The molecule has 0 spiro atoms. The number of aromatic hydroxyl groups is 1. The highest BCUT2D eigenvalue weighted by Gasteiger charge is 2.33. The second-order valence-electron chi connectivity index (χ2n) is 5.74. The molecule has 0 saturated carbocycles. The second kappa shape index (κ2) is 5.46. The van der Waals surface area contributed by atoms with Crippen molar-refractivity contribution in [1.29, 1.82) is 0 Å². The number of H-pyrrole nitrogens is 1.